The van der Waals surface area contributed by atoms with Gasteiger partial charge in [0.05, 0.1) is 17.2 Å². The van der Waals surface area contributed by atoms with Crippen molar-refractivity contribution in [2.45, 2.75) is 64.5 Å². The van der Waals surface area contributed by atoms with Crippen LogP contribution in [-0.2, 0) is 10.8 Å². The maximum absolute atomic E-state index is 12.7. The lowest BCUT2D eigenvalue weighted by Crippen LogP contribution is -2.49. The topological polar surface area (TPSA) is 60.2 Å². The standard InChI is InChI=1S/C18H24BF3N3O2/c1-6-14(12-7-8-15(23-9-12)18(20,21)22)25-11-13(10-24-25)19-27-17(4,5)16(2,3)26/h7-11,14,26H,6H2,1-5H3/t14-/m0/s1. The molecule has 0 aliphatic rings. The van der Waals surface area contributed by atoms with Gasteiger partial charge in [0, 0.05) is 18.6 Å². The Morgan fingerprint density at radius 1 is 1.19 bits per heavy atom. The van der Waals surface area contributed by atoms with Crippen molar-refractivity contribution < 1.29 is 22.9 Å². The molecule has 2 rings (SSSR count). The summed E-state index contributed by atoms with van der Waals surface area (Å²) in [4.78, 5) is 3.52. The van der Waals surface area contributed by atoms with E-state index < -0.39 is 23.1 Å². The van der Waals surface area contributed by atoms with E-state index in [1.807, 2.05) is 6.92 Å². The number of aliphatic hydroxyl groups is 1. The molecular weight excluding hydrogens is 358 g/mol. The molecule has 1 atom stereocenters. The Kier molecular flexibility index (Phi) is 6.06. The lowest BCUT2D eigenvalue weighted by atomic mass is 9.84. The van der Waals surface area contributed by atoms with E-state index in [1.54, 1.807) is 44.8 Å². The maximum atomic E-state index is 12.7. The van der Waals surface area contributed by atoms with Crippen LogP contribution in [0, 0.1) is 0 Å². The van der Waals surface area contributed by atoms with E-state index in [2.05, 4.69) is 10.1 Å². The second kappa shape index (κ2) is 7.63. The van der Waals surface area contributed by atoms with Crippen LogP contribution in [0.25, 0.3) is 0 Å². The number of hydrogen-bond donors (Lipinski definition) is 1. The minimum atomic E-state index is -4.46. The molecule has 0 fully saturated rings. The minimum Gasteiger partial charge on any atom is -0.427 e. The number of aromatic nitrogens is 3. The molecule has 0 saturated heterocycles. The van der Waals surface area contributed by atoms with Crippen molar-refractivity contribution in [1.82, 2.24) is 14.8 Å². The van der Waals surface area contributed by atoms with Gasteiger partial charge in [-0.15, -0.1) is 0 Å². The van der Waals surface area contributed by atoms with Crippen LogP contribution in [0.2, 0.25) is 0 Å². The number of nitrogens with zero attached hydrogens (tertiary/aromatic N) is 3. The minimum absolute atomic E-state index is 0.246. The molecule has 2 aromatic rings. The van der Waals surface area contributed by atoms with Crippen molar-refractivity contribution in [2.24, 2.45) is 0 Å². The van der Waals surface area contributed by atoms with Gasteiger partial charge in [-0.1, -0.05) is 13.0 Å². The first-order chi connectivity index (χ1) is 12.3. The molecule has 9 heteroatoms. The van der Waals surface area contributed by atoms with Gasteiger partial charge >= 0.3 is 13.7 Å². The summed E-state index contributed by atoms with van der Waals surface area (Å²) in [6.45, 7) is 8.79. The van der Waals surface area contributed by atoms with Gasteiger partial charge in [0.2, 0.25) is 0 Å². The zero-order chi connectivity index (χ0) is 20.5. The van der Waals surface area contributed by atoms with Gasteiger partial charge in [-0.25, -0.2) is 0 Å². The highest BCUT2D eigenvalue weighted by Gasteiger charge is 2.36. The summed E-state index contributed by atoms with van der Waals surface area (Å²) in [6.07, 6.45) is 0.742. The van der Waals surface area contributed by atoms with Gasteiger partial charge in [-0.05, 0) is 51.2 Å². The van der Waals surface area contributed by atoms with Crippen LogP contribution in [-0.4, -0.2) is 38.6 Å². The van der Waals surface area contributed by atoms with Gasteiger partial charge < -0.3 is 9.76 Å². The first-order valence-corrected chi connectivity index (χ1v) is 8.66. The Morgan fingerprint density at radius 2 is 1.85 bits per heavy atom. The van der Waals surface area contributed by atoms with Gasteiger partial charge in [-0.3, -0.25) is 9.67 Å². The normalized spacial score (nSPS) is 14.3. The molecule has 0 unspecified atom stereocenters. The van der Waals surface area contributed by atoms with Crippen LogP contribution in [0.5, 0.6) is 0 Å². The second-order valence-electron chi connectivity index (χ2n) is 7.46. The van der Waals surface area contributed by atoms with Gasteiger partial charge in [0.25, 0.3) is 0 Å². The lowest BCUT2D eigenvalue weighted by Gasteiger charge is -2.37. The van der Waals surface area contributed by atoms with E-state index in [-0.39, 0.29) is 6.04 Å². The molecule has 0 bridgehead atoms. The second-order valence-corrected chi connectivity index (χ2v) is 7.46. The lowest BCUT2D eigenvalue weighted by molar-refractivity contribution is -0.141. The van der Waals surface area contributed by atoms with E-state index in [1.165, 1.54) is 19.7 Å². The number of rotatable bonds is 7. The molecule has 5 nitrogen and oxygen atoms in total. The van der Waals surface area contributed by atoms with Crippen molar-refractivity contribution in [3.05, 3.63) is 42.0 Å². The zero-order valence-electron chi connectivity index (χ0n) is 16.1. The fourth-order valence-corrected chi connectivity index (χ4v) is 2.29. The molecule has 0 saturated carbocycles. The molecule has 0 aromatic carbocycles. The van der Waals surface area contributed by atoms with Crippen LogP contribution in [0.15, 0.2) is 30.7 Å². The van der Waals surface area contributed by atoms with Gasteiger partial charge in [0.15, 0.2) is 0 Å². The van der Waals surface area contributed by atoms with Crippen LogP contribution < -0.4 is 5.46 Å². The molecule has 27 heavy (non-hydrogen) atoms. The Balaban J connectivity index is 2.13. The van der Waals surface area contributed by atoms with E-state index in [4.69, 9.17) is 4.65 Å². The predicted octanol–water partition coefficient (Wildman–Crippen LogP) is 3.11. The first kappa shape index (κ1) is 21.4. The molecule has 2 aromatic heterocycles. The highest BCUT2D eigenvalue weighted by molar-refractivity contribution is 6.46. The first-order valence-electron chi connectivity index (χ1n) is 8.66. The van der Waals surface area contributed by atoms with Crippen molar-refractivity contribution in [3.63, 3.8) is 0 Å². The average molecular weight is 382 g/mol. The van der Waals surface area contributed by atoms with Crippen LogP contribution in [0.4, 0.5) is 13.2 Å². The zero-order valence-corrected chi connectivity index (χ0v) is 16.1. The van der Waals surface area contributed by atoms with E-state index in [0.717, 1.165) is 6.07 Å². The van der Waals surface area contributed by atoms with Crippen molar-refractivity contribution in [3.8, 4) is 0 Å². The summed E-state index contributed by atoms with van der Waals surface area (Å²) < 4.78 is 45.4. The van der Waals surface area contributed by atoms with Crippen LogP contribution in [0.3, 0.4) is 0 Å². The summed E-state index contributed by atoms with van der Waals surface area (Å²) in [6, 6.07) is 2.15. The highest BCUT2D eigenvalue weighted by atomic mass is 19.4. The summed E-state index contributed by atoms with van der Waals surface area (Å²) in [5.41, 5.74) is -1.45. The molecule has 1 radical (unpaired) electrons. The highest BCUT2D eigenvalue weighted by Crippen LogP contribution is 2.29. The molecule has 0 amide bonds. The number of alkyl halides is 3. The predicted molar refractivity (Wildman–Crippen MR) is 96.7 cm³/mol. The maximum Gasteiger partial charge on any atom is 0.433 e. The fraction of sp³-hybridized carbons (Fsp3) is 0.556. The van der Waals surface area contributed by atoms with E-state index in [0.29, 0.717) is 17.4 Å². The van der Waals surface area contributed by atoms with Crippen molar-refractivity contribution in [1.29, 1.82) is 0 Å². The quantitative estimate of drug-likeness (QED) is 0.748. The third kappa shape index (κ3) is 5.10. The molecule has 0 aliphatic carbocycles. The van der Waals surface area contributed by atoms with E-state index in [9.17, 15) is 18.3 Å². The summed E-state index contributed by atoms with van der Waals surface area (Å²) in [5, 5.41) is 14.4. The summed E-state index contributed by atoms with van der Waals surface area (Å²) in [7, 11) is 1.51. The summed E-state index contributed by atoms with van der Waals surface area (Å²) in [5.74, 6) is 0. The third-order valence-electron chi connectivity index (χ3n) is 4.75. The summed E-state index contributed by atoms with van der Waals surface area (Å²) >= 11 is 0. The van der Waals surface area contributed by atoms with Crippen molar-refractivity contribution in [2.75, 3.05) is 0 Å². The molecule has 0 aliphatic heterocycles. The Hall–Kier alpha value is -1.87. The molecule has 2 heterocycles. The van der Waals surface area contributed by atoms with Gasteiger partial charge in [-0.2, -0.15) is 18.3 Å². The SMILES string of the molecule is CC[C@@H](c1ccc(C(F)(F)F)nc1)n1cc([B]OC(C)(C)C(C)(C)O)cn1. The third-order valence-corrected chi connectivity index (χ3v) is 4.75. The van der Waals surface area contributed by atoms with Crippen molar-refractivity contribution >= 4 is 12.9 Å². The average Bonchev–Trinajstić information content (AvgIpc) is 3.01. The monoisotopic (exact) mass is 382 g/mol. The smallest absolute Gasteiger partial charge is 0.427 e. The number of hydrogen-bond acceptors (Lipinski definition) is 4. The Labute approximate surface area is 157 Å². The van der Waals surface area contributed by atoms with Gasteiger partial charge in [0.1, 0.15) is 5.69 Å². The Morgan fingerprint density at radius 3 is 2.33 bits per heavy atom. The Bertz CT molecular complexity index is 752. The molecule has 1 N–H and O–H groups in total. The fourth-order valence-electron chi connectivity index (χ4n) is 2.29. The number of halogens is 3. The van der Waals surface area contributed by atoms with E-state index >= 15 is 0 Å². The number of pyridine rings is 1. The molecule has 0 spiro atoms. The largest absolute Gasteiger partial charge is 0.433 e. The molecular formula is C18H24BF3N3O2. The molecule has 147 valence electrons. The van der Waals surface area contributed by atoms with Crippen LogP contribution in [0.1, 0.15) is 58.3 Å². The van der Waals surface area contributed by atoms with Crippen LogP contribution >= 0.6 is 0 Å².